The second-order valence-electron chi connectivity index (χ2n) is 6.58. The van der Waals surface area contributed by atoms with Gasteiger partial charge in [0.2, 0.25) is 0 Å². The topological polar surface area (TPSA) is 93.4 Å². The largest absolute Gasteiger partial charge is 0.462 e. The van der Waals surface area contributed by atoms with E-state index in [-0.39, 0.29) is 36.0 Å². The SMILES string of the molecule is CCOC(=O)c1sc(C(C)NC(=NC)NCc2ccccc2-n2ccnc2)nc1C.I. The number of carbonyl (C=O) groups is 1. The van der Waals surface area contributed by atoms with Crippen LogP contribution in [0.5, 0.6) is 0 Å². The van der Waals surface area contributed by atoms with Gasteiger partial charge in [0.25, 0.3) is 0 Å². The molecule has 0 spiro atoms. The minimum Gasteiger partial charge on any atom is -0.462 e. The molecule has 0 radical (unpaired) electrons. The lowest BCUT2D eigenvalue weighted by Crippen LogP contribution is -2.38. The van der Waals surface area contributed by atoms with E-state index in [0.717, 1.165) is 16.3 Å². The fraction of sp³-hybridized carbons (Fsp3) is 0.333. The number of aliphatic imine (C=N–C) groups is 1. The Morgan fingerprint density at radius 1 is 1.35 bits per heavy atom. The molecule has 1 aromatic carbocycles. The first kappa shape index (κ1) is 24.8. The van der Waals surface area contributed by atoms with Crippen LogP contribution in [-0.4, -0.2) is 40.1 Å². The molecular formula is C21H27IN6O2S. The first-order chi connectivity index (χ1) is 14.5. The first-order valence-electron chi connectivity index (χ1n) is 9.71. The van der Waals surface area contributed by atoms with Gasteiger partial charge in [0, 0.05) is 26.0 Å². The zero-order valence-electron chi connectivity index (χ0n) is 18.0. The van der Waals surface area contributed by atoms with E-state index in [2.05, 4.69) is 31.7 Å². The molecule has 0 aliphatic rings. The smallest absolute Gasteiger partial charge is 0.350 e. The van der Waals surface area contributed by atoms with Crippen LogP contribution in [0.4, 0.5) is 0 Å². The number of aryl methyl sites for hydroxylation is 1. The third kappa shape index (κ3) is 6.26. The summed E-state index contributed by atoms with van der Waals surface area (Å²) in [6, 6.07) is 8.00. The molecule has 0 saturated heterocycles. The van der Waals surface area contributed by atoms with Crippen molar-refractivity contribution in [3.05, 3.63) is 64.1 Å². The molecule has 0 aliphatic heterocycles. The average molecular weight is 554 g/mol. The maximum absolute atomic E-state index is 12.1. The lowest BCUT2D eigenvalue weighted by molar-refractivity contribution is 0.0531. The van der Waals surface area contributed by atoms with Gasteiger partial charge >= 0.3 is 5.97 Å². The highest BCUT2D eigenvalue weighted by Gasteiger charge is 2.20. The monoisotopic (exact) mass is 554 g/mol. The fourth-order valence-corrected chi connectivity index (χ4v) is 3.91. The van der Waals surface area contributed by atoms with Crippen LogP contribution in [0.3, 0.4) is 0 Å². The molecule has 3 rings (SSSR count). The quantitative estimate of drug-likeness (QED) is 0.200. The molecule has 2 aromatic heterocycles. The maximum Gasteiger partial charge on any atom is 0.350 e. The Kier molecular flexibility index (Phi) is 9.44. The van der Waals surface area contributed by atoms with Gasteiger partial charge in [0.15, 0.2) is 5.96 Å². The number of rotatable bonds is 7. The Labute approximate surface area is 203 Å². The highest BCUT2D eigenvalue weighted by molar-refractivity contribution is 14.0. The van der Waals surface area contributed by atoms with Crippen molar-refractivity contribution in [2.75, 3.05) is 13.7 Å². The van der Waals surface area contributed by atoms with Crippen molar-refractivity contribution in [3.63, 3.8) is 0 Å². The van der Waals surface area contributed by atoms with Crippen LogP contribution in [0, 0.1) is 6.92 Å². The van der Waals surface area contributed by atoms with Crippen LogP contribution >= 0.6 is 35.3 Å². The third-order valence-corrected chi connectivity index (χ3v) is 5.76. The Hall–Kier alpha value is -2.47. The van der Waals surface area contributed by atoms with Gasteiger partial charge in [-0.25, -0.2) is 14.8 Å². The molecule has 3 aromatic rings. The van der Waals surface area contributed by atoms with Gasteiger partial charge in [0.05, 0.1) is 30.4 Å². The summed E-state index contributed by atoms with van der Waals surface area (Å²) in [5, 5.41) is 7.48. The molecule has 2 N–H and O–H groups in total. The number of benzene rings is 1. The summed E-state index contributed by atoms with van der Waals surface area (Å²) in [6.45, 7) is 6.53. The van der Waals surface area contributed by atoms with Crippen LogP contribution in [0.2, 0.25) is 0 Å². The van der Waals surface area contributed by atoms with Crippen LogP contribution in [-0.2, 0) is 11.3 Å². The van der Waals surface area contributed by atoms with Crippen molar-refractivity contribution >= 4 is 47.2 Å². The van der Waals surface area contributed by atoms with Crippen molar-refractivity contribution in [3.8, 4) is 5.69 Å². The maximum atomic E-state index is 12.1. The van der Waals surface area contributed by atoms with E-state index in [1.807, 2.05) is 42.8 Å². The molecule has 1 unspecified atom stereocenters. The molecular weight excluding hydrogens is 527 g/mol. The van der Waals surface area contributed by atoms with Gasteiger partial charge < -0.3 is 19.9 Å². The molecule has 0 amide bonds. The zero-order chi connectivity index (χ0) is 21.5. The molecule has 2 heterocycles. The van der Waals surface area contributed by atoms with Crippen molar-refractivity contribution in [1.29, 1.82) is 0 Å². The first-order valence-corrected chi connectivity index (χ1v) is 10.5. The van der Waals surface area contributed by atoms with Gasteiger partial charge in [-0.3, -0.25) is 4.99 Å². The molecule has 0 fully saturated rings. The van der Waals surface area contributed by atoms with E-state index in [9.17, 15) is 4.79 Å². The molecule has 10 heteroatoms. The predicted octanol–water partition coefficient (Wildman–Crippen LogP) is 3.86. The number of halogens is 1. The number of aromatic nitrogens is 3. The molecule has 0 saturated carbocycles. The number of esters is 1. The molecule has 1 atom stereocenters. The van der Waals surface area contributed by atoms with Crippen molar-refractivity contribution < 1.29 is 9.53 Å². The van der Waals surface area contributed by atoms with E-state index in [1.54, 1.807) is 26.5 Å². The van der Waals surface area contributed by atoms with Crippen LogP contribution in [0.1, 0.15) is 45.8 Å². The second kappa shape index (κ2) is 11.8. The summed E-state index contributed by atoms with van der Waals surface area (Å²) in [6.07, 6.45) is 5.45. The van der Waals surface area contributed by atoms with E-state index in [1.165, 1.54) is 11.3 Å². The van der Waals surface area contributed by atoms with Crippen molar-refractivity contribution in [2.24, 2.45) is 4.99 Å². The summed E-state index contributed by atoms with van der Waals surface area (Å²) < 4.78 is 7.08. The highest BCUT2D eigenvalue weighted by atomic mass is 127. The Morgan fingerprint density at radius 3 is 2.81 bits per heavy atom. The number of nitrogens with one attached hydrogen (secondary N) is 2. The van der Waals surface area contributed by atoms with Crippen molar-refractivity contribution in [2.45, 2.75) is 33.4 Å². The number of imidazole rings is 1. The molecule has 0 aliphatic carbocycles. The predicted molar refractivity (Wildman–Crippen MR) is 134 cm³/mol. The summed E-state index contributed by atoms with van der Waals surface area (Å²) in [5.74, 6) is 0.318. The number of hydrogen-bond acceptors (Lipinski definition) is 6. The van der Waals surface area contributed by atoms with Gasteiger partial charge in [-0.15, -0.1) is 35.3 Å². The van der Waals surface area contributed by atoms with Crippen LogP contribution in [0.15, 0.2) is 48.0 Å². The van der Waals surface area contributed by atoms with Crippen molar-refractivity contribution in [1.82, 2.24) is 25.2 Å². The number of para-hydroxylation sites is 1. The van der Waals surface area contributed by atoms with Crippen LogP contribution in [0.25, 0.3) is 5.69 Å². The second-order valence-corrected chi connectivity index (χ2v) is 7.61. The Balaban J connectivity index is 0.00000341. The summed E-state index contributed by atoms with van der Waals surface area (Å²) >= 11 is 1.34. The van der Waals surface area contributed by atoms with Crippen LogP contribution < -0.4 is 10.6 Å². The normalized spacial score (nSPS) is 12.1. The van der Waals surface area contributed by atoms with E-state index >= 15 is 0 Å². The van der Waals surface area contributed by atoms with E-state index < -0.39 is 0 Å². The molecule has 0 bridgehead atoms. The fourth-order valence-electron chi connectivity index (χ4n) is 2.94. The van der Waals surface area contributed by atoms with Gasteiger partial charge in [-0.05, 0) is 32.4 Å². The number of thiazole rings is 1. The lowest BCUT2D eigenvalue weighted by atomic mass is 10.1. The minimum absolute atomic E-state index is 0. The highest BCUT2D eigenvalue weighted by Crippen LogP contribution is 2.24. The lowest BCUT2D eigenvalue weighted by Gasteiger charge is -2.17. The van der Waals surface area contributed by atoms with Gasteiger partial charge in [-0.1, -0.05) is 18.2 Å². The Bertz CT molecular complexity index is 1020. The zero-order valence-corrected chi connectivity index (χ0v) is 21.1. The number of nitrogens with zero attached hydrogens (tertiary/aromatic N) is 4. The number of hydrogen-bond donors (Lipinski definition) is 2. The van der Waals surface area contributed by atoms with Gasteiger partial charge in [-0.2, -0.15) is 0 Å². The Morgan fingerprint density at radius 2 is 2.13 bits per heavy atom. The molecule has 166 valence electrons. The molecule has 31 heavy (non-hydrogen) atoms. The standard InChI is InChI=1S/C21H26N6O2S.HI/c1-5-29-20(28)18-14(2)25-19(30-18)15(3)26-21(22-4)24-12-16-8-6-7-9-17(16)27-11-10-23-13-27;/h6-11,13,15H,5,12H2,1-4H3,(H2,22,24,26);1H. The summed E-state index contributed by atoms with van der Waals surface area (Å²) in [4.78, 5) is 25.6. The van der Waals surface area contributed by atoms with Gasteiger partial charge in [0.1, 0.15) is 9.88 Å². The molecule has 8 nitrogen and oxygen atoms in total. The number of carbonyl (C=O) groups excluding carboxylic acids is 1. The van der Waals surface area contributed by atoms with E-state index in [4.69, 9.17) is 4.74 Å². The summed E-state index contributed by atoms with van der Waals surface area (Å²) in [5.41, 5.74) is 2.85. The summed E-state index contributed by atoms with van der Waals surface area (Å²) in [7, 11) is 1.72. The van der Waals surface area contributed by atoms with E-state index in [0.29, 0.717) is 29.7 Å². The number of ether oxygens (including phenoxy) is 1. The average Bonchev–Trinajstić information content (AvgIpc) is 3.41. The number of guanidine groups is 1. The third-order valence-electron chi connectivity index (χ3n) is 4.44. The minimum atomic E-state index is -0.329.